The number of amides is 1. The molecule has 0 aromatic heterocycles. The highest BCUT2D eigenvalue weighted by atomic mass is 32.2. The maximum Gasteiger partial charge on any atom is 0.327 e. The van der Waals surface area contributed by atoms with E-state index in [1.165, 1.54) is 0 Å². The predicted octanol–water partition coefficient (Wildman–Crippen LogP) is 2.58. The van der Waals surface area contributed by atoms with Crippen LogP contribution in [0.2, 0.25) is 0 Å². The molecular formula is C13H23NO3S. The Kier molecular flexibility index (Phi) is 5.08. The van der Waals surface area contributed by atoms with Crippen LogP contribution in [0.15, 0.2) is 0 Å². The molecule has 0 bridgehead atoms. The van der Waals surface area contributed by atoms with Crippen LogP contribution in [0.1, 0.15) is 47.0 Å². The Bertz CT molecular complexity index is 325. The van der Waals surface area contributed by atoms with Gasteiger partial charge in [-0.3, -0.25) is 4.79 Å². The van der Waals surface area contributed by atoms with Crippen molar-refractivity contribution in [1.82, 2.24) is 4.90 Å². The number of hydrogen-bond acceptors (Lipinski definition) is 3. The van der Waals surface area contributed by atoms with Gasteiger partial charge in [-0.2, -0.15) is 0 Å². The molecule has 1 aliphatic heterocycles. The van der Waals surface area contributed by atoms with Gasteiger partial charge in [-0.15, -0.1) is 11.8 Å². The van der Waals surface area contributed by atoms with Gasteiger partial charge >= 0.3 is 5.97 Å². The fourth-order valence-electron chi connectivity index (χ4n) is 2.10. The molecule has 4 nitrogen and oxygen atoms in total. The topological polar surface area (TPSA) is 57.6 Å². The third-order valence-corrected chi connectivity index (χ3v) is 4.24. The molecule has 0 radical (unpaired) electrons. The Morgan fingerprint density at radius 1 is 1.39 bits per heavy atom. The quantitative estimate of drug-likeness (QED) is 0.855. The van der Waals surface area contributed by atoms with Crippen molar-refractivity contribution in [3.63, 3.8) is 0 Å². The number of hydrogen-bond donors (Lipinski definition) is 1. The SMILES string of the molecule is CCCC1SCC(C(=O)O)N1C(=O)CC(C)(C)C. The molecule has 1 heterocycles. The van der Waals surface area contributed by atoms with Crippen LogP contribution >= 0.6 is 11.8 Å². The first-order chi connectivity index (χ1) is 8.26. The maximum atomic E-state index is 12.3. The summed E-state index contributed by atoms with van der Waals surface area (Å²) in [5.41, 5.74) is -0.107. The van der Waals surface area contributed by atoms with E-state index in [0.29, 0.717) is 12.2 Å². The molecule has 1 fully saturated rings. The van der Waals surface area contributed by atoms with Crippen LogP contribution in [0.25, 0.3) is 0 Å². The summed E-state index contributed by atoms with van der Waals surface area (Å²) in [6, 6.07) is -0.651. The van der Waals surface area contributed by atoms with Gasteiger partial charge in [0.1, 0.15) is 6.04 Å². The Labute approximate surface area is 113 Å². The number of carbonyl (C=O) groups is 2. The van der Waals surface area contributed by atoms with E-state index >= 15 is 0 Å². The van der Waals surface area contributed by atoms with Crippen molar-refractivity contribution in [3.05, 3.63) is 0 Å². The lowest BCUT2D eigenvalue weighted by molar-refractivity contribution is -0.150. The summed E-state index contributed by atoms with van der Waals surface area (Å²) < 4.78 is 0. The zero-order chi connectivity index (χ0) is 13.9. The summed E-state index contributed by atoms with van der Waals surface area (Å²) in [6.07, 6.45) is 2.23. The zero-order valence-corrected chi connectivity index (χ0v) is 12.4. The van der Waals surface area contributed by atoms with E-state index in [1.54, 1.807) is 16.7 Å². The summed E-state index contributed by atoms with van der Waals surface area (Å²) in [5, 5.41) is 9.24. The Morgan fingerprint density at radius 3 is 2.44 bits per heavy atom. The average Bonchev–Trinajstić information content (AvgIpc) is 2.59. The van der Waals surface area contributed by atoms with Gasteiger partial charge in [0.2, 0.25) is 5.91 Å². The largest absolute Gasteiger partial charge is 0.480 e. The fraction of sp³-hybridized carbons (Fsp3) is 0.846. The van der Waals surface area contributed by atoms with Crippen molar-refractivity contribution < 1.29 is 14.7 Å². The van der Waals surface area contributed by atoms with Crippen LogP contribution in [-0.2, 0) is 9.59 Å². The highest BCUT2D eigenvalue weighted by Gasteiger charge is 2.41. The molecule has 0 aromatic carbocycles. The van der Waals surface area contributed by atoms with Crippen molar-refractivity contribution >= 4 is 23.6 Å². The molecule has 5 heteroatoms. The second-order valence-corrected chi connectivity index (χ2v) is 7.18. The molecule has 1 N–H and O–H groups in total. The minimum absolute atomic E-state index is 0.0293. The smallest absolute Gasteiger partial charge is 0.327 e. The Balaban J connectivity index is 2.82. The molecule has 0 aliphatic carbocycles. The summed E-state index contributed by atoms with van der Waals surface area (Å²) in [6.45, 7) is 8.05. The van der Waals surface area contributed by atoms with Crippen molar-refractivity contribution in [1.29, 1.82) is 0 Å². The number of carboxylic acid groups (broad SMARTS) is 1. The lowest BCUT2D eigenvalue weighted by Gasteiger charge is -2.30. The minimum atomic E-state index is -0.886. The lowest BCUT2D eigenvalue weighted by atomic mass is 9.91. The molecule has 2 unspecified atom stereocenters. The van der Waals surface area contributed by atoms with E-state index < -0.39 is 12.0 Å². The summed E-state index contributed by atoms with van der Waals surface area (Å²) in [5.74, 6) is -0.405. The third-order valence-electron chi connectivity index (χ3n) is 2.88. The fourth-order valence-corrected chi connectivity index (χ4v) is 3.64. The van der Waals surface area contributed by atoms with E-state index in [9.17, 15) is 14.7 Å². The van der Waals surface area contributed by atoms with Crippen molar-refractivity contribution in [2.75, 3.05) is 5.75 Å². The highest BCUT2D eigenvalue weighted by molar-refractivity contribution is 8.00. The standard InChI is InChI=1S/C13H23NO3S/c1-5-6-11-14(9(8-18-11)12(16)17)10(15)7-13(2,3)4/h9,11H,5-8H2,1-4H3,(H,16,17). The molecule has 0 saturated carbocycles. The van der Waals surface area contributed by atoms with Gasteiger partial charge in [0, 0.05) is 12.2 Å². The first kappa shape index (κ1) is 15.3. The van der Waals surface area contributed by atoms with E-state index in [0.717, 1.165) is 12.8 Å². The van der Waals surface area contributed by atoms with Crippen LogP contribution in [0.4, 0.5) is 0 Å². The Hall–Kier alpha value is -0.710. The number of carbonyl (C=O) groups excluding carboxylic acids is 1. The molecule has 1 rings (SSSR count). The van der Waals surface area contributed by atoms with Crippen LogP contribution in [-0.4, -0.2) is 39.1 Å². The van der Waals surface area contributed by atoms with Gasteiger partial charge < -0.3 is 10.0 Å². The molecule has 1 amide bonds. The van der Waals surface area contributed by atoms with Crippen LogP contribution in [0.3, 0.4) is 0 Å². The van der Waals surface area contributed by atoms with Crippen LogP contribution in [0.5, 0.6) is 0 Å². The summed E-state index contributed by atoms with van der Waals surface area (Å²) in [7, 11) is 0. The monoisotopic (exact) mass is 273 g/mol. The van der Waals surface area contributed by atoms with Crippen LogP contribution < -0.4 is 0 Å². The second-order valence-electron chi connectivity index (χ2n) is 5.97. The van der Waals surface area contributed by atoms with Gasteiger partial charge in [-0.1, -0.05) is 34.1 Å². The van der Waals surface area contributed by atoms with Crippen molar-refractivity contribution in [2.45, 2.75) is 58.4 Å². The number of nitrogens with zero attached hydrogens (tertiary/aromatic N) is 1. The van der Waals surface area contributed by atoms with Crippen molar-refractivity contribution in [2.24, 2.45) is 5.41 Å². The average molecular weight is 273 g/mol. The molecule has 0 aromatic rings. The van der Waals surface area contributed by atoms with E-state index in [2.05, 4.69) is 6.92 Å². The molecule has 1 aliphatic rings. The second kappa shape index (κ2) is 5.95. The normalized spacial score (nSPS) is 24.3. The first-order valence-electron chi connectivity index (χ1n) is 6.42. The molecule has 0 spiro atoms. The zero-order valence-electron chi connectivity index (χ0n) is 11.6. The number of rotatable bonds is 4. The van der Waals surface area contributed by atoms with E-state index in [1.807, 2.05) is 20.8 Å². The summed E-state index contributed by atoms with van der Waals surface area (Å²) >= 11 is 1.59. The molecule has 18 heavy (non-hydrogen) atoms. The number of aliphatic carboxylic acids is 1. The predicted molar refractivity (Wildman–Crippen MR) is 73.5 cm³/mol. The van der Waals surface area contributed by atoms with E-state index in [-0.39, 0.29) is 16.7 Å². The lowest BCUT2D eigenvalue weighted by Crippen LogP contribution is -2.46. The van der Waals surface area contributed by atoms with Crippen LogP contribution in [0, 0.1) is 5.41 Å². The summed E-state index contributed by atoms with van der Waals surface area (Å²) in [4.78, 5) is 25.1. The third kappa shape index (κ3) is 3.90. The van der Waals surface area contributed by atoms with Gasteiger partial charge in [-0.05, 0) is 11.8 Å². The molecule has 1 saturated heterocycles. The molecule has 104 valence electrons. The minimum Gasteiger partial charge on any atom is -0.480 e. The first-order valence-corrected chi connectivity index (χ1v) is 7.46. The maximum absolute atomic E-state index is 12.3. The van der Waals surface area contributed by atoms with Gasteiger partial charge in [0.25, 0.3) is 0 Å². The Morgan fingerprint density at radius 2 is 2.00 bits per heavy atom. The molecular weight excluding hydrogens is 250 g/mol. The van der Waals surface area contributed by atoms with Gasteiger partial charge in [-0.25, -0.2) is 4.79 Å². The van der Waals surface area contributed by atoms with Crippen molar-refractivity contribution in [3.8, 4) is 0 Å². The van der Waals surface area contributed by atoms with Gasteiger partial charge in [0.15, 0.2) is 0 Å². The van der Waals surface area contributed by atoms with Gasteiger partial charge in [0.05, 0.1) is 5.37 Å². The molecule has 2 atom stereocenters. The highest BCUT2D eigenvalue weighted by Crippen LogP contribution is 2.34. The number of thioether (sulfide) groups is 1. The van der Waals surface area contributed by atoms with E-state index in [4.69, 9.17) is 0 Å². The number of carboxylic acids is 1.